The van der Waals surface area contributed by atoms with Crippen molar-refractivity contribution < 1.29 is 54.2 Å². The lowest BCUT2D eigenvalue weighted by molar-refractivity contribution is -0.344. The molecule has 0 bridgehead atoms. The van der Waals surface area contributed by atoms with Crippen LogP contribution >= 0.6 is 0 Å². The molecule has 0 radical (unpaired) electrons. The van der Waals surface area contributed by atoms with E-state index >= 15 is 0 Å². The minimum Gasteiger partial charge on any atom is -0.465 e. The number of carbonyl (C=O) groups is 2. The predicted octanol–water partition coefficient (Wildman–Crippen LogP) is 7.19. The van der Waals surface area contributed by atoms with Gasteiger partial charge in [-0.1, -0.05) is 65.7 Å². The molecule has 0 fully saturated rings. The van der Waals surface area contributed by atoms with Gasteiger partial charge in [0.05, 0.1) is 6.61 Å². The zero-order chi connectivity index (χ0) is 26.6. The average molecular weight is 514 g/mol. The highest BCUT2D eigenvalue weighted by molar-refractivity contribution is 6.00. The van der Waals surface area contributed by atoms with E-state index in [1.165, 1.54) is 13.8 Å². The van der Waals surface area contributed by atoms with Gasteiger partial charge in [0, 0.05) is 0 Å². The van der Waals surface area contributed by atoms with Crippen LogP contribution in [0.4, 0.5) is 35.1 Å². The van der Waals surface area contributed by atoms with Crippen molar-refractivity contribution >= 4 is 11.9 Å². The summed E-state index contributed by atoms with van der Waals surface area (Å²) in [5, 5.41) is 0. The molecule has 0 amide bonds. The number of alkyl halides is 8. The second-order valence-electron chi connectivity index (χ2n) is 8.18. The lowest BCUT2D eigenvalue weighted by Gasteiger charge is -2.33. The Hall–Kier alpha value is -1.62. The van der Waals surface area contributed by atoms with Crippen LogP contribution in [0.3, 0.4) is 0 Å². The molecule has 0 rings (SSSR count). The summed E-state index contributed by atoms with van der Waals surface area (Å²) in [6.45, 7) is 2.05. The van der Waals surface area contributed by atoms with Crippen LogP contribution in [-0.2, 0) is 19.1 Å². The van der Waals surface area contributed by atoms with Gasteiger partial charge in [0.1, 0.15) is 0 Å². The van der Waals surface area contributed by atoms with E-state index in [0.29, 0.717) is 6.42 Å². The summed E-state index contributed by atoms with van der Waals surface area (Å²) >= 11 is 0. The van der Waals surface area contributed by atoms with Gasteiger partial charge in [-0.15, -0.1) is 0 Å². The molecule has 0 N–H and O–H groups in total. The minimum atomic E-state index is -6.51. The molecule has 0 aliphatic heterocycles. The maximum atomic E-state index is 13.7. The zero-order valence-corrected chi connectivity index (χ0v) is 19.7. The van der Waals surface area contributed by atoms with Crippen LogP contribution in [0.5, 0.6) is 0 Å². The number of halogens is 8. The molecule has 4 nitrogen and oxygen atoms in total. The summed E-state index contributed by atoms with van der Waals surface area (Å²) in [4.78, 5) is 24.8. The van der Waals surface area contributed by atoms with E-state index in [1.807, 2.05) is 0 Å². The van der Waals surface area contributed by atoms with Gasteiger partial charge >= 0.3 is 36.1 Å². The summed E-state index contributed by atoms with van der Waals surface area (Å²) in [5.74, 6) is -21.5. The summed E-state index contributed by atoms with van der Waals surface area (Å²) in [5.41, 5.74) is -2.13. The number of hydrogen-bond donors (Lipinski definition) is 0. The molecule has 0 aliphatic rings. The summed E-state index contributed by atoms with van der Waals surface area (Å²) < 4.78 is 114. The van der Waals surface area contributed by atoms with Crippen molar-refractivity contribution in [3.8, 4) is 0 Å². The molecule has 0 aliphatic carbocycles. The standard InChI is InChI=1S/C22H34F8O4/c1-4-7-8-9-10-11-12-13-14-33-17(31)19(5-2,6-3)18(32)34-15-20(25,26)22(29,30)21(27,28)16(23)24/h16H,4-15H2,1-3H3. The average Bonchev–Trinajstić information content (AvgIpc) is 2.77. The molecular formula is C22H34F8O4. The van der Waals surface area contributed by atoms with E-state index in [2.05, 4.69) is 11.7 Å². The van der Waals surface area contributed by atoms with Gasteiger partial charge in [-0.3, -0.25) is 9.59 Å². The van der Waals surface area contributed by atoms with Gasteiger partial charge in [0.2, 0.25) is 0 Å². The fraction of sp³-hybridized carbons (Fsp3) is 0.909. The molecule has 0 aromatic carbocycles. The number of carbonyl (C=O) groups excluding carboxylic acids is 2. The van der Waals surface area contributed by atoms with Gasteiger partial charge in [-0.2, -0.15) is 26.3 Å². The van der Waals surface area contributed by atoms with E-state index in [0.717, 1.165) is 44.9 Å². The van der Waals surface area contributed by atoms with Gasteiger partial charge in [-0.25, -0.2) is 8.78 Å². The first kappa shape index (κ1) is 32.4. The van der Waals surface area contributed by atoms with Crippen molar-refractivity contribution in [3.05, 3.63) is 0 Å². The maximum Gasteiger partial charge on any atom is 0.381 e. The van der Waals surface area contributed by atoms with Gasteiger partial charge < -0.3 is 9.47 Å². The molecule has 202 valence electrons. The van der Waals surface area contributed by atoms with Crippen molar-refractivity contribution in [2.75, 3.05) is 13.2 Å². The van der Waals surface area contributed by atoms with Crippen LogP contribution in [-0.4, -0.2) is 49.3 Å². The lowest BCUT2D eigenvalue weighted by Crippen LogP contribution is -2.59. The van der Waals surface area contributed by atoms with Gasteiger partial charge in [-0.05, 0) is 19.3 Å². The normalized spacial score (nSPS) is 13.3. The molecule has 0 aromatic heterocycles. The minimum absolute atomic E-state index is 0.0718. The Morgan fingerprint density at radius 3 is 1.59 bits per heavy atom. The lowest BCUT2D eigenvalue weighted by atomic mass is 9.82. The van der Waals surface area contributed by atoms with E-state index in [-0.39, 0.29) is 19.4 Å². The van der Waals surface area contributed by atoms with Crippen molar-refractivity contribution in [2.45, 2.75) is 109 Å². The van der Waals surface area contributed by atoms with Gasteiger partial charge in [0.25, 0.3) is 0 Å². The van der Waals surface area contributed by atoms with E-state index in [4.69, 9.17) is 4.74 Å². The van der Waals surface area contributed by atoms with Crippen molar-refractivity contribution in [3.63, 3.8) is 0 Å². The van der Waals surface area contributed by atoms with Crippen molar-refractivity contribution in [1.82, 2.24) is 0 Å². The Bertz CT molecular complexity index is 622. The highest BCUT2D eigenvalue weighted by Crippen LogP contribution is 2.48. The van der Waals surface area contributed by atoms with Crippen molar-refractivity contribution in [1.29, 1.82) is 0 Å². The topological polar surface area (TPSA) is 52.6 Å². The van der Waals surface area contributed by atoms with Gasteiger partial charge in [0.15, 0.2) is 12.0 Å². The quantitative estimate of drug-likeness (QED) is 0.0841. The molecule has 0 atom stereocenters. The fourth-order valence-corrected chi connectivity index (χ4v) is 3.22. The second kappa shape index (κ2) is 14.1. The first-order valence-corrected chi connectivity index (χ1v) is 11.4. The van der Waals surface area contributed by atoms with E-state index in [9.17, 15) is 44.7 Å². The predicted molar refractivity (Wildman–Crippen MR) is 108 cm³/mol. The smallest absolute Gasteiger partial charge is 0.381 e. The molecule has 0 aromatic rings. The highest BCUT2D eigenvalue weighted by atomic mass is 19.4. The highest BCUT2D eigenvalue weighted by Gasteiger charge is 2.75. The monoisotopic (exact) mass is 514 g/mol. The summed E-state index contributed by atoms with van der Waals surface area (Å²) in [7, 11) is 0. The Morgan fingerprint density at radius 2 is 1.15 bits per heavy atom. The van der Waals surface area contributed by atoms with Crippen LogP contribution in [0.15, 0.2) is 0 Å². The van der Waals surface area contributed by atoms with Crippen LogP contribution in [0.1, 0.15) is 85.0 Å². The third kappa shape index (κ3) is 7.96. The second-order valence-corrected chi connectivity index (χ2v) is 8.18. The molecule has 0 unspecified atom stereocenters. The number of esters is 2. The fourth-order valence-electron chi connectivity index (χ4n) is 3.22. The molecule has 0 heterocycles. The van der Waals surface area contributed by atoms with Crippen LogP contribution < -0.4 is 0 Å². The Labute approximate surface area is 194 Å². The molecule has 0 spiro atoms. The Morgan fingerprint density at radius 1 is 0.706 bits per heavy atom. The van der Waals surface area contributed by atoms with Crippen molar-refractivity contribution in [2.24, 2.45) is 5.41 Å². The molecule has 34 heavy (non-hydrogen) atoms. The molecule has 0 saturated heterocycles. The third-order valence-corrected chi connectivity index (χ3v) is 5.76. The zero-order valence-electron chi connectivity index (χ0n) is 19.7. The van der Waals surface area contributed by atoms with Crippen LogP contribution in [0, 0.1) is 5.41 Å². The van der Waals surface area contributed by atoms with E-state index < -0.39 is 48.2 Å². The van der Waals surface area contributed by atoms with E-state index in [1.54, 1.807) is 0 Å². The summed E-state index contributed by atoms with van der Waals surface area (Å²) in [6, 6.07) is 0. The number of rotatable bonds is 18. The first-order chi connectivity index (χ1) is 15.7. The summed E-state index contributed by atoms with van der Waals surface area (Å²) in [6.07, 6.45) is 1.93. The van der Waals surface area contributed by atoms with Crippen LogP contribution in [0.25, 0.3) is 0 Å². The largest absolute Gasteiger partial charge is 0.465 e. The number of ether oxygens (including phenoxy) is 2. The third-order valence-electron chi connectivity index (χ3n) is 5.76. The molecular weight excluding hydrogens is 480 g/mol. The maximum absolute atomic E-state index is 13.7. The number of unbranched alkanes of at least 4 members (excludes halogenated alkanes) is 7. The SMILES string of the molecule is CCCCCCCCCCOC(=O)C(CC)(CC)C(=O)OCC(F)(F)C(F)(F)C(F)(F)C(F)F. The Balaban J connectivity index is 4.96. The number of hydrogen-bond acceptors (Lipinski definition) is 4. The Kier molecular flexibility index (Phi) is 13.4. The first-order valence-electron chi connectivity index (χ1n) is 11.4. The molecule has 0 saturated carbocycles. The molecule has 12 heteroatoms. The van der Waals surface area contributed by atoms with Crippen LogP contribution in [0.2, 0.25) is 0 Å².